The topological polar surface area (TPSA) is 60.2 Å². The van der Waals surface area contributed by atoms with Crippen molar-refractivity contribution in [3.05, 3.63) is 0 Å². The lowest BCUT2D eigenvalue weighted by atomic mass is 9.93. The molecule has 0 rings (SSSR count). The number of Topliss-reactive ketones (excluding diaryl/α,β-unsaturated/α-hetero) is 1. The van der Waals surface area contributed by atoms with Crippen molar-refractivity contribution in [2.24, 2.45) is 17.6 Å². The molecule has 0 saturated carbocycles. The first-order valence-electron chi connectivity index (χ1n) is 4.78. The van der Waals surface area contributed by atoms with E-state index >= 15 is 0 Å². The average Bonchev–Trinajstić information content (AvgIpc) is 2.04. The third-order valence-electron chi connectivity index (χ3n) is 2.54. The summed E-state index contributed by atoms with van der Waals surface area (Å²) in [6.45, 7) is 5.40. The summed E-state index contributed by atoms with van der Waals surface area (Å²) < 4.78 is 0. The van der Waals surface area contributed by atoms with E-state index in [2.05, 4.69) is 0 Å². The predicted molar refractivity (Wildman–Crippen MR) is 65.5 cm³/mol. The molecule has 2 N–H and O–H groups in total. The van der Waals surface area contributed by atoms with Crippen molar-refractivity contribution in [3.63, 3.8) is 0 Å². The van der Waals surface area contributed by atoms with Crippen molar-refractivity contribution in [2.45, 2.75) is 54.9 Å². The third kappa shape index (κ3) is 8.16. The molecule has 0 spiro atoms. The molecule has 0 aromatic heterocycles. The fourth-order valence-corrected chi connectivity index (χ4v) is 1.20. The molecule has 0 aliphatic carbocycles. The van der Waals surface area contributed by atoms with Gasteiger partial charge in [-0.2, -0.15) is 0 Å². The minimum atomic E-state index is -0.252. The van der Waals surface area contributed by atoms with Gasteiger partial charge in [-0.05, 0) is 26.2 Å². The largest absolute Gasteiger partial charge is 0.369 e. The summed E-state index contributed by atoms with van der Waals surface area (Å²) in [6.07, 6.45) is 2.25. The van der Waals surface area contributed by atoms with Crippen LogP contribution in [0, 0.1) is 11.8 Å². The number of ketones is 1. The van der Waals surface area contributed by atoms with Crippen LogP contribution in [0.15, 0.2) is 0 Å². The van der Waals surface area contributed by atoms with Crippen LogP contribution in [-0.4, -0.2) is 11.7 Å². The molecule has 0 aromatic rings. The van der Waals surface area contributed by atoms with E-state index in [0.29, 0.717) is 0 Å². The van der Waals surface area contributed by atoms with Gasteiger partial charge in [0.05, 0.1) is 0 Å². The molecular formula is C12H27NO2. The van der Waals surface area contributed by atoms with Gasteiger partial charge in [-0.1, -0.05) is 28.7 Å². The van der Waals surface area contributed by atoms with Crippen molar-refractivity contribution in [1.29, 1.82) is 0 Å². The Bertz CT molecular complexity index is 190. The SMILES string of the molecule is C.C.CCC(CCC(C)C(C)=O)C(N)=O. The van der Waals surface area contributed by atoms with Gasteiger partial charge in [0.15, 0.2) is 0 Å². The minimum absolute atomic E-state index is 0. The maximum absolute atomic E-state index is 10.9. The molecule has 0 heterocycles. The van der Waals surface area contributed by atoms with Gasteiger partial charge in [-0.15, -0.1) is 0 Å². The number of carbonyl (C=O) groups is 2. The smallest absolute Gasteiger partial charge is 0.220 e. The Morgan fingerprint density at radius 1 is 1.20 bits per heavy atom. The molecule has 1 amide bonds. The van der Waals surface area contributed by atoms with Gasteiger partial charge in [-0.3, -0.25) is 9.59 Å². The van der Waals surface area contributed by atoms with Gasteiger partial charge in [0.25, 0.3) is 0 Å². The summed E-state index contributed by atoms with van der Waals surface area (Å²) in [6, 6.07) is 0. The number of primary amides is 1. The number of nitrogens with two attached hydrogens (primary N) is 1. The van der Waals surface area contributed by atoms with Crippen LogP contribution in [0.2, 0.25) is 0 Å². The lowest BCUT2D eigenvalue weighted by molar-refractivity contribution is -0.123. The minimum Gasteiger partial charge on any atom is -0.369 e. The first kappa shape index (κ1) is 19.7. The molecular weight excluding hydrogens is 190 g/mol. The Labute approximate surface area is 94.4 Å². The summed E-state index contributed by atoms with van der Waals surface area (Å²) in [4.78, 5) is 21.7. The van der Waals surface area contributed by atoms with Gasteiger partial charge in [0.2, 0.25) is 5.91 Å². The lowest BCUT2D eigenvalue weighted by Crippen LogP contribution is -2.23. The highest BCUT2D eigenvalue weighted by Crippen LogP contribution is 2.15. The van der Waals surface area contributed by atoms with Crippen LogP contribution in [0.4, 0.5) is 0 Å². The number of hydrogen-bond donors (Lipinski definition) is 1. The van der Waals surface area contributed by atoms with Crippen LogP contribution in [0.25, 0.3) is 0 Å². The van der Waals surface area contributed by atoms with Crippen LogP contribution in [-0.2, 0) is 9.59 Å². The fraction of sp³-hybridized carbons (Fsp3) is 0.833. The summed E-state index contributed by atoms with van der Waals surface area (Å²) in [5.41, 5.74) is 5.19. The standard InChI is InChI=1S/C10H19NO2.2CH4/c1-4-9(10(11)13)6-5-7(2)8(3)12;;/h7,9H,4-6H2,1-3H3,(H2,11,13);2*1H4. The van der Waals surface area contributed by atoms with E-state index in [1.807, 2.05) is 13.8 Å². The highest BCUT2D eigenvalue weighted by Gasteiger charge is 2.15. The molecule has 0 saturated heterocycles. The number of hydrogen-bond acceptors (Lipinski definition) is 2. The van der Waals surface area contributed by atoms with E-state index in [1.54, 1.807) is 6.92 Å². The summed E-state index contributed by atoms with van der Waals surface area (Å²) in [7, 11) is 0. The Balaban J connectivity index is -0.000000720. The van der Waals surface area contributed by atoms with Crippen molar-refractivity contribution in [1.82, 2.24) is 0 Å². The van der Waals surface area contributed by atoms with E-state index < -0.39 is 0 Å². The molecule has 0 aliphatic heterocycles. The second kappa shape index (κ2) is 9.69. The summed E-state index contributed by atoms with van der Waals surface area (Å²) in [5, 5.41) is 0. The zero-order chi connectivity index (χ0) is 10.4. The number of amides is 1. The maximum atomic E-state index is 10.9. The van der Waals surface area contributed by atoms with E-state index in [1.165, 1.54) is 0 Å². The predicted octanol–water partition coefficient (Wildman–Crippen LogP) is 2.78. The third-order valence-corrected chi connectivity index (χ3v) is 2.54. The molecule has 15 heavy (non-hydrogen) atoms. The normalized spacial score (nSPS) is 13.0. The van der Waals surface area contributed by atoms with Crippen molar-refractivity contribution in [3.8, 4) is 0 Å². The van der Waals surface area contributed by atoms with Crippen LogP contribution >= 0.6 is 0 Å². The quantitative estimate of drug-likeness (QED) is 0.743. The zero-order valence-corrected chi connectivity index (χ0v) is 8.67. The molecule has 2 unspecified atom stereocenters. The van der Waals surface area contributed by atoms with E-state index in [9.17, 15) is 9.59 Å². The Morgan fingerprint density at radius 3 is 1.93 bits per heavy atom. The Hall–Kier alpha value is -0.860. The van der Waals surface area contributed by atoms with Crippen LogP contribution in [0.5, 0.6) is 0 Å². The molecule has 0 aromatic carbocycles. The van der Waals surface area contributed by atoms with E-state index in [4.69, 9.17) is 5.73 Å². The highest BCUT2D eigenvalue weighted by molar-refractivity contribution is 5.78. The van der Waals surface area contributed by atoms with Gasteiger partial charge in [0, 0.05) is 11.8 Å². The van der Waals surface area contributed by atoms with Crippen molar-refractivity contribution in [2.75, 3.05) is 0 Å². The lowest BCUT2D eigenvalue weighted by Gasteiger charge is -2.12. The van der Waals surface area contributed by atoms with E-state index in [0.717, 1.165) is 19.3 Å². The first-order valence-corrected chi connectivity index (χ1v) is 4.78. The monoisotopic (exact) mass is 217 g/mol. The van der Waals surface area contributed by atoms with Crippen molar-refractivity contribution >= 4 is 11.7 Å². The number of carbonyl (C=O) groups excluding carboxylic acids is 2. The Morgan fingerprint density at radius 2 is 1.67 bits per heavy atom. The van der Waals surface area contributed by atoms with Crippen LogP contribution < -0.4 is 5.73 Å². The zero-order valence-electron chi connectivity index (χ0n) is 8.67. The molecule has 0 radical (unpaired) electrons. The van der Waals surface area contributed by atoms with Gasteiger partial charge in [-0.25, -0.2) is 0 Å². The maximum Gasteiger partial charge on any atom is 0.220 e. The van der Waals surface area contributed by atoms with Crippen molar-refractivity contribution < 1.29 is 9.59 Å². The highest BCUT2D eigenvalue weighted by atomic mass is 16.1. The molecule has 2 atom stereocenters. The van der Waals surface area contributed by atoms with Gasteiger partial charge in [0.1, 0.15) is 5.78 Å². The molecule has 0 bridgehead atoms. The van der Waals surface area contributed by atoms with Gasteiger partial charge >= 0.3 is 0 Å². The summed E-state index contributed by atoms with van der Waals surface area (Å²) >= 11 is 0. The number of rotatable bonds is 6. The van der Waals surface area contributed by atoms with E-state index in [-0.39, 0.29) is 38.4 Å². The van der Waals surface area contributed by atoms with Crippen LogP contribution in [0.3, 0.4) is 0 Å². The average molecular weight is 217 g/mol. The first-order chi connectivity index (χ1) is 5.99. The fourth-order valence-electron chi connectivity index (χ4n) is 1.20. The molecule has 3 heteroatoms. The second-order valence-electron chi connectivity index (χ2n) is 3.60. The molecule has 3 nitrogen and oxygen atoms in total. The van der Waals surface area contributed by atoms with Gasteiger partial charge < -0.3 is 5.73 Å². The second-order valence-corrected chi connectivity index (χ2v) is 3.60. The molecule has 92 valence electrons. The molecule has 0 fully saturated rings. The Kier molecular flexibility index (Phi) is 12.7. The molecule has 0 aliphatic rings. The van der Waals surface area contributed by atoms with Crippen LogP contribution in [0.1, 0.15) is 54.9 Å². The summed E-state index contributed by atoms with van der Waals surface area (Å²) in [5.74, 6) is -0.0900.